The van der Waals surface area contributed by atoms with E-state index < -0.39 is 11.8 Å². The summed E-state index contributed by atoms with van der Waals surface area (Å²) < 4.78 is 26.6. The zero-order chi connectivity index (χ0) is 10.1. The third-order valence-electron chi connectivity index (χ3n) is 1.66. The van der Waals surface area contributed by atoms with Crippen molar-refractivity contribution < 1.29 is 8.78 Å². The van der Waals surface area contributed by atoms with E-state index in [0.717, 1.165) is 6.07 Å². The van der Waals surface area contributed by atoms with Crippen molar-refractivity contribution in [2.24, 2.45) is 0 Å². The highest BCUT2D eigenvalue weighted by Crippen LogP contribution is 2.10. The van der Waals surface area contributed by atoms with Crippen molar-refractivity contribution in [3.8, 4) is 5.69 Å². The normalized spacial score (nSPS) is 10.4. The molecule has 2 aromatic rings. The van der Waals surface area contributed by atoms with Crippen molar-refractivity contribution >= 4 is 5.82 Å². The van der Waals surface area contributed by atoms with Gasteiger partial charge in [0, 0.05) is 18.3 Å². The molecular weight excluding hydrogens is 190 g/mol. The van der Waals surface area contributed by atoms with Crippen LogP contribution in [0.4, 0.5) is 14.6 Å². The quantitative estimate of drug-likeness (QED) is 0.695. The third-order valence-corrected chi connectivity index (χ3v) is 1.66. The molecule has 0 unspecified atom stereocenters. The van der Waals surface area contributed by atoms with E-state index >= 15 is 0 Å². The van der Waals surface area contributed by atoms with Gasteiger partial charge in [0.05, 0.1) is 11.9 Å². The van der Waals surface area contributed by atoms with Gasteiger partial charge >= 0.3 is 0 Å². The van der Waals surface area contributed by atoms with Crippen LogP contribution in [0.3, 0.4) is 0 Å². The molecule has 0 aliphatic heterocycles. The molecule has 0 aliphatic carbocycles. The van der Waals surface area contributed by atoms with Crippen LogP contribution in [-0.2, 0) is 0 Å². The lowest BCUT2D eigenvalue weighted by molar-refractivity contribution is 0.478. The second kappa shape index (κ2) is 3.06. The fourth-order valence-corrected chi connectivity index (χ4v) is 1.02. The summed E-state index contributed by atoms with van der Waals surface area (Å²) in [5.41, 5.74) is 5.68. The van der Waals surface area contributed by atoms with Crippen LogP contribution in [0, 0.1) is 11.8 Å². The lowest BCUT2D eigenvalue weighted by atomic mass is 10.4. The first-order valence-electron chi connectivity index (χ1n) is 3.79. The molecule has 0 atom stereocenters. The monoisotopic (exact) mass is 196 g/mol. The number of nitrogen functional groups attached to an aromatic ring is 1. The van der Waals surface area contributed by atoms with Crippen LogP contribution in [0.15, 0.2) is 24.5 Å². The van der Waals surface area contributed by atoms with Crippen molar-refractivity contribution in [2.75, 3.05) is 5.73 Å². The molecule has 2 rings (SSSR count). The predicted molar refractivity (Wildman–Crippen MR) is 45.7 cm³/mol. The Morgan fingerprint density at radius 2 is 2.14 bits per heavy atom. The topological polar surface area (TPSA) is 56.7 Å². The van der Waals surface area contributed by atoms with Gasteiger partial charge < -0.3 is 5.73 Å². The lowest BCUT2D eigenvalue weighted by Gasteiger charge is -2.00. The molecule has 0 saturated heterocycles. The van der Waals surface area contributed by atoms with Gasteiger partial charge in [-0.2, -0.15) is 9.49 Å². The average molecular weight is 196 g/mol. The van der Waals surface area contributed by atoms with Crippen LogP contribution in [0.1, 0.15) is 0 Å². The number of rotatable bonds is 1. The molecule has 0 aromatic carbocycles. The van der Waals surface area contributed by atoms with Crippen LogP contribution >= 0.6 is 0 Å². The van der Waals surface area contributed by atoms with Crippen molar-refractivity contribution in [2.45, 2.75) is 0 Å². The molecule has 0 aliphatic rings. The first kappa shape index (κ1) is 8.61. The fourth-order valence-electron chi connectivity index (χ4n) is 1.02. The summed E-state index contributed by atoms with van der Waals surface area (Å²) in [5, 5.41) is 3.82. The molecule has 2 heterocycles. The van der Waals surface area contributed by atoms with Gasteiger partial charge in [-0.15, -0.1) is 0 Å². The van der Waals surface area contributed by atoms with Crippen LogP contribution in [0.2, 0.25) is 0 Å². The van der Waals surface area contributed by atoms with E-state index in [-0.39, 0.29) is 0 Å². The molecule has 2 aromatic heterocycles. The highest BCUT2D eigenvalue weighted by atomic mass is 19.2. The number of nitrogens with two attached hydrogens (primary N) is 1. The summed E-state index contributed by atoms with van der Waals surface area (Å²) in [6, 6.07) is 2.54. The number of anilines is 1. The number of pyridine rings is 1. The number of halogens is 2. The molecule has 0 radical (unpaired) electrons. The molecule has 14 heavy (non-hydrogen) atoms. The third kappa shape index (κ3) is 1.41. The Labute approximate surface area is 78.0 Å². The van der Waals surface area contributed by atoms with Crippen LogP contribution in [0.25, 0.3) is 5.69 Å². The minimum Gasteiger partial charge on any atom is -0.382 e. The minimum atomic E-state index is -1.13. The highest BCUT2D eigenvalue weighted by Gasteiger charge is 2.05. The lowest BCUT2D eigenvalue weighted by Crippen LogP contribution is -1.99. The Bertz CT molecular complexity index is 466. The zero-order valence-corrected chi connectivity index (χ0v) is 6.98. The summed E-state index contributed by atoms with van der Waals surface area (Å²) in [7, 11) is 0. The van der Waals surface area contributed by atoms with Crippen molar-refractivity contribution in [3.63, 3.8) is 0 Å². The van der Waals surface area contributed by atoms with E-state index in [0.29, 0.717) is 11.5 Å². The number of hydrogen-bond acceptors (Lipinski definition) is 3. The number of nitrogens with zero attached hydrogens (tertiary/aromatic N) is 3. The SMILES string of the molecule is Nc1ccn(-c2cnc(F)c(F)c2)n1. The summed E-state index contributed by atoms with van der Waals surface area (Å²) >= 11 is 0. The maximum Gasteiger partial charge on any atom is 0.249 e. The van der Waals surface area contributed by atoms with Gasteiger partial charge in [-0.1, -0.05) is 0 Å². The van der Waals surface area contributed by atoms with Gasteiger partial charge in [-0.25, -0.2) is 14.1 Å². The van der Waals surface area contributed by atoms with Gasteiger partial charge in [0.15, 0.2) is 5.82 Å². The van der Waals surface area contributed by atoms with Crippen molar-refractivity contribution in [1.29, 1.82) is 0 Å². The predicted octanol–water partition coefficient (Wildman–Crippen LogP) is 1.13. The Kier molecular flexibility index (Phi) is 1.88. The van der Waals surface area contributed by atoms with E-state index in [2.05, 4.69) is 10.1 Å². The maximum absolute atomic E-state index is 12.8. The number of aromatic nitrogens is 3. The van der Waals surface area contributed by atoms with E-state index in [1.54, 1.807) is 6.07 Å². The van der Waals surface area contributed by atoms with E-state index in [1.807, 2.05) is 0 Å². The summed E-state index contributed by atoms with van der Waals surface area (Å²) in [6.45, 7) is 0. The summed E-state index contributed by atoms with van der Waals surface area (Å²) in [4.78, 5) is 3.22. The fraction of sp³-hybridized carbons (Fsp3) is 0. The Morgan fingerprint density at radius 1 is 1.36 bits per heavy atom. The molecule has 0 saturated carbocycles. The van der Waals surface area contributed by atoms with Gasteiger partial charge in [-0.3, -0.25) is 0 Å². The smallest absolute Gasteiger partial charge is 0.249 e. The molecule has 72 valence electrons. The second-order valence-corrected chi connectivity index (χ2v) is 2.65. The first-order valence-corrected chi connectivity index (χ1v) is 3.79. The maximum atomic E-state index is 12.8. The highest BCUT2D eigenvalue weighted by molar-refractivity contribution is 5.32. The summed E-state index contributed by atoms with van der Waals surface area (Å²) in [5.74, 6) is -1.85. The van der Waals surface area contributed by atoms with E-state index in [1.165, 1.54) is 17.1 Å². The molecule has 0 spiro atoms. The van der Waals surface area contributed by atoms with Crippen LogP contribution in [0.5, 0.6) is 0 Å². The van der Waals surface area contributed by atoms with Gasteiger partial charge in [0.2, 0.25) is 5.95 Å². The zero-order valence-electron chi connectivity index (χ0n) is 6.98. The molecule has 0 amide bonds. The van der Waals surface area contributed by atoms with Crippen LogP contribution < -0.4 is 5.73 Å². The van der Waals surface area contributed by atoms with Crippen molar-refractivity contribution in [1.82, 2.24) is 14.8 Å². The Balaban J connectivity index is 2.47. The Morgan fingerprint density at radius 3 is 2.71 bits per heavy atom. The van der Waals surface area contributed by atoms with Gasteiger partial charge in [-0.05, 0) is 0 Å². The van der Waals surface area contributed by atoms with Crippen LogP contribution in [-0.4, -0.2) is 14.8 Å². The Hall–Kier alpha value is -1.98. The summed E-state index contributed by atoms with van der Waals surface area (Å²) in [6.07, 6.45) is 2.70. The van der Waals surface area contributed by atoms with Gasteiger partial charge in [0.1, 0.15) is 5.82 Å². The molecule has 0 fully saturated rings. The van der Waals surface area contributed by atoms with Gasteiger partial charge in [0.25, 0.3) is 0 Å². The molecular formula is C8H6F2N4. The standard InChI is InChI=1S/C8H6F2N4/c9-6-3-5(4-12-8(6)10)14-2-1-7(11)13-14/h1-4H,(H2,11,13). The molecule has 2 N–H and O–H groups in total. The van der Waals surface area contributed by atoms with Crippen molar-refractivity contribution in [3.05, 3.63) is 36.3 Å². The minimum absolute atomic E-state index is 0.301. The molecule has 4 nitrogen and oxygen atoms in total. The molecule has 0 bridgehead atoms. The second-order valence-electron chi connectivity index (χ2n) is 2.65. The largest absolute Gasteiger partial charge is 0.382 e. The van der Waals surface area contributed by atoms with E-state index in [9.17, 15) is 8.78 Å². The molecule has 6 heteroatoms. The first-order chi connectivity index (χ1) is 6.66. The number of hydrogen-bond donors (Lipinski definition) is 1. The van der Waals surface area contributed by atoms with E-state index in [4.69, 9.17) is 5.73 Å². The average Bonchev–Trinajstić information content (AvgIpc) is 2.57.